The Morgan fingerprint density at radius 3 is 3.00 bits per heavy atom. The molecule has 0 saturated carbocycles. The Labute approximate surface area is 119 Å². The largest absolute Gasteiger partial charge is 0.475 e. The Kier molecular flexibility index (Phi) is 5.34. The fourth-order valence-electron chi connectivity index (χ4n) is 2.20. The Hall–Kier alpha value is -0.940. The predicted molar refractivity (Wildman–Crippen MR) is 79.6 cm³/mol. The molecule has 0 saturated heterocycles. The highest BCUT2D eigenvalue weighted by atomic mass is 32.1. The Bertz CT molecular complexity index is 428. The van der Waals surface area contributed by atoms with Gasteiger partial charge in [-0.25, -0.2) is 0 Å². The van der Waals surface area contributed by atoms with Crippen LogP contribution in [0, 0.1) is 5.92 Å². The van der Waals surface area contributed by atoms with E-state index in [9.17, 15) is 0 Å². The van der Waals surface area contributed by atoms with Crippen LogP contribution in [0.4, 0.5) is 0 Å². The predicted octanol–water partition coefficient (Wildman–Crippen LogP) is 3.07. The summed E-state index contributed by atoms with van der Waals surface area (Å²) in [6.07, 6.45) is 5.61. The monoisotopic (exact) mass is 281 g/mol. The molecule has 19 heavy (non-hydrogen) atoms. The Balaban J connectivity index is 1.92. The summed E-state index contributed by atoms with van der Waals surface area (Å²) in [5.41, 5.74) is 2.20. The highest BCUT2D eigenvalue weighted by Crippen LogP contribution is 2.27. The molecule has 0 aliphatic carbocycles. The molecule has 4 nitrogen and oxygen atoms in total. The van der Waals surface area contributed by atoms with Crippen molar-refractivity contribution in [3.8, 4) is 5.88 Å². The lowest BCUT2D eigenvalue weighted by molar-refractivity contribution is 0.288. The van der Waals surface area contributed by atoms with Crippen LogP contribution in [0.15, 0.2) is 6.08 Å². The van der Waals surface area contributed by atoms with Crippen LogP contribution in [0.1, 0.15) is 38.8 Å². The van der Waals surface area contributed by atoms with Gasteiger partial charge in [0, 0.05) is 13.1 Å². The maximum atomic E-state index is 5.79. The molecule has 0 bridgehead atoms. The number of ether oxygens (including phenoxy) is 1. The van der Waals surface area contributed by atoms with Crippen LogP contribution in [0.5, 0.6) is 5.88 Å². The summed E-state index contributed by atoms with van der Waals surface area (Å²) in [5.74, 6) is 1.45. The molecule has 0 spiro atoms. The third kappa shape index (κ3) is 4.28. The van der Waals surface area contributed by atoms with Gasteiger partial charge in [-0.15, -0.1) is 4.37 Å². The normalized spacial score (nSPS) is 16.7. The Morgan fingerprint density at radius 1 is 1.42 bits per heavy atom. The van der Waals surface area contributed by atoms with Crippen LogP contribution in [-0.4, -0.2) is 40.4 Å². The molecule has 0 unspecified atom stereocenters. The summed E-state index contributed by atoms with van der Waals surface area (Å²) in [4.78, 5) is 2.30. The molecular formula is C14H23N3OS. The SMILES string of the molecule is CC(C)CCCOc1nsnc1C1=CCCN(C)C1. The number of hydrogen-bond acceptors (Lipinski definition) is 5. The quantitative estimate of drug-likeness (QED) is 0.751. The number of rotatable bonds is 6. The lowest BCUT2D eigenvalue weighted by Crippen LogP contribution is -2.25. The second-order valence-corrected chi connectivity index (χ2v) is 6.09. The van der Waals surface area contributed by atoms with Crippen molar-refractivity contribution in [2.24, 2.45) is 5.92 Å². The second-order valence-electron chi connectivity index (χ2n) is 5.56. The standard InChI is InChI=1S/C14H23N3OS/c1-11(2)6-5-9-18-14-13(15-19-16-14)12-7-4-8-17(3)10-12/h7,11H,4-6,8-10H2,1-3H3. The molecule has 5 heteroatoms. The third-order valence-electron chi connectivity index (χ3n) is 3.27. The summed E-state index contributed by atoms with van der Waals surface area (Å²) in [6, 6.07) is 0. The van der Waals surface area contributed by atoms with Gasteiger partial charge in [-0.1, -0.05) is 19.9 Å². The first-order valence-corrected chi connectivity index (χ1v) is 7.73. The molecule has 2 rings (SSSR count). The molecule has 106 valence electrons. The highest BCUT2D eigenvalue weighted by molar-refractivity contribution is 6.99. The van der Waals surface area contributed by atoms with Gasteiger partial charge >= 0.3 is 0 Å². The fraction of sp³-hybridized carbons (Fsp3) is 0.714. The van der Waals surface area contributed by atoms with Crippen molar-refractivity contribution < 1.29 is 4.74 Å². The fourth-order valence-corrected chi connectivity index (χ4v) is 2.73. The van der Waals surface area contributed by atoms with Gasteiger partial charge in [-0.2, -0.15) is 4.37 Å². The molecule has 1 aromatic rings. The highest BCUT2D eigenvalue weighted by Gasteiger charge is 2.18. The van der Waals surface area contributed by atoms with Gasteiger partial charge in [0.05, 0.1) is 18.3 Å². The minimum absolute atomic E-state index is 0.718. The van der Waals surface area contributed by atoms with Crippen LogP contribution in [-0.2, 0) is 0 Å². The number of aromatic nitrogens is 2. The van der Waals surface area contributed by atoms with Crippen molar-refractivity contribution in [2.75, 3.05) is 26.7 Å². The molecule has 0 N–H and O–H groups in total. The molecule has 2 heterocycles. The van der Waals surface area contributed by atoms with Gasteiger partial charge in [-0.3, -0.25) is 0 Å². The zero-order valence-electron chi connectivity index (χ0n) is 12.1. The van der Waals surface area contributed by atoms with Gasteiger partial charge in [0.25, 0.3) is 5.88 Å². The molecule has 0 fully saturated rings. The van der Waals surface area contributed by atoms with E-state index >= 15 is 0 Å². The van der Waals surface area contributed by atoms with Gasteiger partial charge in [-0.05, 0) is 37.8 Å². The molecular weight excluding hydrogens is 258 g/mol. The van der Waals surface area contributed by atoms with Crippen LogP contribution >= 0.6 is 11.7 Å². The molecule has 1 aliphatic heterocycles. The maximum Gasteiger partial charge on any atom is 0.253 e. The lowest BCUT2D eigenvalue weighted by Gasteiger charge is -2.22. The van der Waals surface area contributed by atoms with Crippen molar-refractivity contribution in [1.82, 2.24) is 13.6 Å². The molecule has 1 aliphatic rings. The number of nitrogens with zero attached hydrogens (tertiary/aromatic N) is 3. The van der Waals surface area contributed by atoms with Gasteiger partial charge in [0.15, 0.2) is 0 Å². The van der Waals surface area contributed by atoms with E-state index < -0.39 is 0 Å². The van der Waals surface area contributed by atoms with Crippen molar-refractivity contribution in [3.05, 3.63) is 11.8 Å². The van der Waals surface area contributed by atoms with Crippen molar-refractivity contribution in [1.29, 1.82) is 0 Å². The lowest BCUT2D eigenvalue weighted by atomic mass is 10.1. The van der Waals surface area contributed by atoms with E-state index in [0.717, 1.165) is 50.0 Å². The summed E-state index contributed by atoms with van der Waals surface area (Å²) in [6.45, 7) is 7.26. The molecule has 0 radical (unpaired) electrons. The third-order valence-corrected chi connectivity index (χ3v) is 3.78. The van der Waals surface area contributed by atoms with Crippen LogP contribution in [0.2, 0.25) is 0 Å². The minimum Gasteiger partial charge on any atom is -0.475 e. The van der Waals surface area contributed by atoms with Gasteiger partial charge in [0.2, 0.25) is 0 Å². The van der Waals surface area contributed by atoms with Crippen LogP contribution in [0.3, 0.4) is 0 Å². The first-order chi connectivity index (χ1) is 9.16. The first-order valence-electron chi connectivity index (χ1n) is 7.00. The molecule has 1 aromatic heterocycles. The zero-order valence-corrected chi connectivity index (χ0v) is 12.9. The topological polar surface area (TPSA) is 38.3 Å². The summed E-state index contributed by atoms with van der Waals surface area (Å²) >= 11 is 1.24. The van der Waals surface area contributed by atoms with Gasteiger partial charge < -0.3 is 9.64 Å². The average molecular weight is 281 g/mol. The zero-order chi connectivity index (χ0) is 13.7. The van der Waals surface area contributed by atoms with Crippen molar-refractivity contribution >= 4 is 17.3 Å². The number of hydrogen-bond donors (Lipinski definition) is 0. The van der Waals surface area contributed by atoms with E-state index in [1.165, 1.54) is 23.7 Å². The summed E-state index contributed by atoms with van der Waals surface area (Å²) in [7, 11) is 2.13. The van der Waals surface area contributed by atoms with E-state index in [1.807, 2.05) is 0 Å². The average Bonchev–Trinajstić information content (AvgIpc) is 2.83. The van der Waals surface area contributed by atoms with E-state index in [-0.39, 0.29) is 0 Å². The van der Waals surface area contributed by atoms with Crippen LogP contribution in [0.25, 0.3) is 5.57 Å². The maximum absolute atomic E-state index is 5.79. The van der Waals surface area contributed by atoms with E-state index in [1.54, 1.807) is 0 Å². The summed E-state index contributed by atoms with van der Waals surface area (Å²) in [5, 5.41) is 0. The smallest absolute Gasteiger partial charge is 0.253 e. The van der Waals surface area contributed by atoms with Crippen molar-refractivity contribution in [3.63, 3.8) is 0 Å². The second kappa shape index (κ2) is 7.01. The minimum atomic E-state index is 0.718. The van der Waals surface area contributed by atoms with E-state index in [0.29, 0.717) is 0 Å². The van der Waals surface area contributed by atoms with Crippen LogP contribution < -0.4 is 4.74 Å². The molecule has 0 atom stereocenters. The Morgan fingerprint density at radius 2 is 2.26 bits per heavy atom. The van der Waals surface area contributed by atoms with Crippen molar-refractivity contribution in [2.45, 2.75) is 33.1 Å². The summed E-state index contributed by atoms with van der Waals surface area (Å²) < 4.78 is 14.5. The number of likely N-dealkylation sites (N-methyl/N-ethyl adjacent to an activating group) is 1. The first kappa shape index (κ1) is 14.5. The van der Waals surface area contributed by atoms with Gasteiger partial charge in [0.1, 0.15) is 5.69 Å². The van der Waals surface area contributed by atoms with E-state index in [2.05, 4.69) is 40.6 Å². The van der Waals surface area contributed by atoms with E-state index in [4.69, 9.17) is 4.74 Å². The molecule has 0 aromatic carbocycles. The molecule has 0 amide bonds.